The Hall–Kier alpha value is -3.26. The summed E-state index contributed by atoms with van der Waals surface area (Å²) < 4.78 is 5.07. The van der Waals surface area contributed by atoms with Crippen molar-refractivity contribution in [3.63, 3.8) is 0 Å². The molecule has 1 atom stereocenters. The van der Waals surface area contributed by atoms with Gasteiger partial charge in [-0.1, -0.05) is 30.3 Å². The number of nitrogens with one attached hydrogen (secondary N) is 1. The van der Waals surface area contributed by atoms with E-state index < -0.39 is 16.9 Å². The van der Waals surface area contributed by atoms with Crippen molar-refractivity contribution in [3.8, 4) is 17.0 Å². The van der Waals surface area contributed by atoms with Gasteiger partial charge in [0.05, 0.1) is 23.8 Å². The Kier molecular flexibility index (Phi) is 5.46. The zero-order valence-electron chi connectivity index (χ0n) is 14.7. The molecule has 1 heterocycles. The molecule has 3 rings (SSSR count). The summed E-state index contributed by atoms with van der Waals surface area (Å²) in [6.07, 6.45) is 0. The normalized spacial score (nSPS) is 11.6. The van der Waals surface area contributed by atoms with Crippen molar-refractivity contribution >= 4 is 22.9 Å². The van der Waals surface area contributed by atoms with E-state index in [2.05, 4.69) is 10.3 Å². The minimum atomic E-state index is -0.587. The number of aromatic nitrogens is 1. The van der Waals surface area contributed by atoms with Crippen LogP contribution in [0.1, 0.15) is 28.3 Å². The van der Waals surface area contributed by atoms with Crippen LogP contribution in [0, 0.1) is 10.1 Å². The predicted molar refractivity (Wildman–Crippen MR) is 103 cm³/mol. The smallest absolute Gasteiger partial charge is 0.282 e. The van der Waals surface area contributed by atoms with Crippen molar-refractivity contribution in [3.05, 3.63) is 74.6 Å². The quantitative estimate of drug-likeness (QED) is 0.508. The molecule has 1 aromatic heterocycles. The minimum absolute atomic E-state index is 0.0500. The van der Waals surface area contributed by atoms with Crippen molar-refractivity contribution in [2.45, 2.75) is 13.0 Å². The number of carbonyl (C=O) groups excluding carboxylic acids is 1. The van der Waals surface area contributed by atoms with Crippen molar-refractivity contribution in [1.29, 1.82) is 0 Å². The number of thiazole rings is 1. The van der Waals surface area contributed by atoms with Gasteiger partial charge in [0.1, 0.15) is 16.3 Å². The maximum Gasteiger partial charge on any atom is 0.282 e. The van der Waals surface area contributed by atoms with E-state index in [1.165, 1.54) is 36.6 Å². The van der Waals surface area contributed by atoms with Gasteiger partial charge in [-0.3, -0.25) is 14.9 Å². The van der Waals surface area contributed by atoms with Crippen LogP contribution in [0.25, 0.3) is 11.3 Å². The highest BCUT2D eigenvalue weighted by Gasteiger charge is 2.23. The first-order valence-electron chi connectivity index (χ1n) is 8.13. The number of rotatable bonds is 6. The molecule has 8 heteroatoms. The van der Waals surface area contributed by atoms with Gasteiger partial charge < -0.3 is 10.1 Å². The third-order valence-electron chi connectivity index (χ3n) is 3.95. The first kappa shape index (κ1) is 18.5. The lowest BCUT2D eigenvalue weighted by atomic mass is 10.1. The lowest BCUT2D eigenvalue weighted by Crippen LogP contribution is -2.27. The number of benzene rings is 2. The van der Waals surface area contributed by atoms with Gasteiger partial charge in [0, 0.05) is 17.0 Å². The zero-order chi connectivity index (χ0) is 19.4. The third-order valence-corrected chi connectivity index (χ3v) is 4.98. The van der Waals surface area contributed by atoms with E-state index in [0.717, 1.165) is 11.3 Å². The summed E-state index contributed by atoms with van der Waals surface area (Å²) in [6, 6.07) is 13.4. The van der Waals surface area contributed by atoms with Crippen LogP contribution in [-0.2, 0) is 0 Å². The number of nitro groups is 1. The van der Waals surface area contributed by atoms with Gasteiger partial charge >= 0.3 is 0 Å². The van der Waals surface area contributed by atoms with Crippen LogP contribution in [0.5, 0.6) is 5.75 Å². The Morgan fingerprint density at radius 2 is 2.00 bits per heavy atom. The monoisotopic (exact) mass is 383 g/mol. The average Bonchev–Trinajstić information content (AvgIpc) is 3.18. The molecule has 0 aliphatic carbocycles. The fraction of sp³-hybridized carbons (Fsp3) is 0.158. The van der Waals surface area contributed by atoms with Crippen molar-refractivity contribution in [2.75, 3.05) is 7.11 Å². The van der Waals surface area contributed by atoms with Crippen molar-refractivity contribution in [1.82, 2.24) is 10.3 Å². The maximum absolute atomic E-state index is 12.6. The summed E-state index contributed by atoms with van der Waals surface area (Å²) in [4.78, 5) is 27.8. The van der Waals surface area contributed by atoms with Gasteiger partial charge in [-0.15, -0.1) is 11.3 Å². The number of nitrogens with zero attached hydrogens (tertiary/aromatic N) is 2. The Morgan fingerprint density at radius 3 is 2.67 bits per heavy atom. The van der Waals surface area contributed by atoms with E-state index in [9.17, 15) is 14.9 Å². The summed E-state index contributed by atoms with van der Waals surface area (Å²) in [5, 5.41) is 16.6. The average molecular weight is 383 g/mol. The molecule has 2 aromatic carbocycles. The molecule has 0 aliphatic heterocycles. The van der Waals surface area contributed by atoms with E-state index in [1.807, 2.05) is 35.7 Å². The molecule has 0 saturated carbocycles. The number of hydrogen-bond acceptors (Lipinski definition) is 6. The molecule has 0 radical (unpaired) electrons. The van der Waals surface area contributed by atoms with Crippen LogP contribution in [0.4, 0.5) is 5.69 Å². The van der Waals surface area contributed by atoms with Crippen LogP contribution in [0.15, 0.2) is 53.9 Å². The summed E-state index contributed by atoms with van der Waals surface area (Å²) in [5.74, 6) is -0.177. The van der Waals surface area contributed by atoms with E-state index in [4.69, 9.17) is 4.74 Å². The highest BCUT2D eigenvalue weighted by Crippen LogP contribution is 2.27. The fourth-order valence-corrected chi connectivity index (χ4v) is 3.38. The lowest BCUT2D eigenvalue weighted by molar-refractivity contribution is -0.385. The molecule has 1 N–H and O–H groups in total. The van der Waals surface area contributed by atoms with Crippen molar-refractivity contribution < 1.29 is 14.5 Å². The highest BCUT2D eigenvalue weighted by atomic mass is 32.1. The number of carbonyl (C=O) groups is 1. The second-order valence-corrected chi connectivity index (χ2v) is 6.66. The van der Waals surface area contributed by atoms with Gasteiger partial charge in [-0.25, -0.2) is 4.98 Å². The van der Waals surface area contributed by atoms with Gasteiger partial charge in [0.2, 0.25) is 0 Å². The second-order valence-electron chi connectivity index (χ2n) is 5.77. The molecule has 7 nitrogen and oxygen atoms in total. The summed E-state index contributed by atoms with van der Waals surface area (Å²) in [7, 11) is 1.44. The van der Waals surface area contributed by atoms with Crippen LogP contribution < -0.4 is 10.1 Å². The topological polar surface area (TPSA) is 94.4 Å². The highest BCUT2D eigenvalue weighted by molar-refractivity contribution is 7.10. The molecular weight excluding hydrogens is 366 g/mol. The van der Waals surface area contributed by atoms with Crippen LogP contribution in [0.3, 0.4) is 0 Å². The van der Waals surface area contributed by atoms with Gasteiger partial charge in [0.25, 0.3) is 11.6 Å². The molecule has 27 heavy (non-hydrogen) atoms. The molecule has 0 fully saturated rings. The molecule has 3 aromatic rings. The SMILES string of the molecule is COc1ccc([N+](=O)[O-])c(C(=O)NC(C)c2nc(-c3ccccc3)cs2)c1. The third kappa shape index (κ3) is 4.12. The predicted octanol–water partition coefficient (Wildman–Crippen LogP) is 4.22. The van der Waals surface area contributed by atoms with Crippen LogP contribution in [0.2, 0.25) is 0 Å². The van der Waals surface area contributed by atoms with E-state index in [0.29, 0.717) is 10.8 Å². The fourth-order valence-electron chi connectivity index (χ4n) is 2.55. The summed E-state index contributed by atoms with van der Waals surface area (Å²) in [5.41, 5.74) is 1.49. The number of methoxy groups -OCH3 is 1. The molecule has 0 bridgehead atoms. The van der Waals surface area contributed by atoms with Crippen LogP contribution >= 0.6 is 11.3 Å². The Morgan fingerprint density at radius 1 is 1.26 bits per heavy atom. The van der Waals surface area contributed by atoms with Gasteiger partial charge in [0.15, 0.2) is 0 Å². The first-order chi connectivity index (χ1) is 13.0. The number of nitro benzene ring substituents is 1. The van der Waals surface area contributed by atoms with E-state index in [1.54, 1.807) is 6.92 Å². The molecule has 0 spiro atoms. The molecule has 138 valence electrons. The molecular formula is C19H17N3O4S. The van der Waals surface area contributed by atoms with Crippen molar-refractivity contribution in [2.24, 2.45) is 0 Å². The van der Waals surface area contributed by atoms with Gasteiger partial charge in [-0.05, 0) is 19.1 Å². The minimum Gasteiger partial charge on any atom is -0.497 e. The van der Waals surface area contributed by atoms with E-state index in [-0.39, 0.29) is 11.3 Å². The van der Waals surface area contributed by atoms with Crippen LogP contribution in [-0.4, -0.2) is 22.9 Å². The summed E-state index contributed by atoms with van der Waals surface area (Å²) >= 11 is 1.42. The molecule has 0 saturated heterocycles. The second kappa shape index (κ2) is 7.96. The largest absolute Gasteiger partial charge is 0.497 e. The number of hydrogen-bond donors (Lipinski definition) is 1. The summed E-state index contributed by atoms with van der Waals surface area (Å²) in [6.45, 7) is 1.79. The first-order valence-corrected chi connectivity index (χ1v) is 9.01. The zero-order valence-corrected chi connectivity index (χ0v) is 15.5. The van der Waals surface area contributed by atoms with E-state index >= 15 is 0 Å². The lowest BCUT2D eigenvalue weighted by Gasteiger charge is -2.12. The molecule has 0 aliphatic rings. The molecule has 1 amide bonds. The standard InChI is InChI=1S/C19H17N3O4S/c1-12(19-21-16(11-27-19)13-6-4-3-5-7-13)20-18(23)15-10-14(26-2)8-9-17(15)22(24)25/h3-12H,1-2H3,(H,20,23). The maximum atomic E-state index is 12.6. The van der Waals surface area contributed by atoms with Gasteiger partial charge in [-0.2, -0.15) is 0 Å². The Bertz CT molecular complexity index is 972. The number of amides is 1. The Balaban J connectivity index is 1.80. The Labute approximate surface area is 159 Å². The number of ether oxygens (including phenoxy) is 1. The molecule has 1 unspecified atom stereocenters.